The molecule has 1 amide bonds. The first-order valence-electron chi connectivity index (χ1n) is 7.87. The average molecular weight is 317 g/mol. The van der Waals surface area contributed by atoms with E-state index in [2.05, 4.69) is 5.32 Å². The van der Waals surface area contributed by atoms with Gasteiger partial charge in [0.25, 0.3) is 5.91 Å². The van der Waals surface area contributed by atoms with Crippen LogP contribution in [-0.2, 0) is 20.7 Å². The minimum absolute atomic E-state index is 0.0842. The number of fused-ring (bicyclic) bond motifs is 1. The summed E-state index contributed by atoms with van der Waals surface area (Å²) in [5, 5.41) is 3.62. The summed E-state index contributed by atoms with van der Waals surface area (Å²) in [6.45, 7) is 8.14. The van der Waals surface area contributed by atoms with Gasteiger partial charge in [-0.25, -0.2) is 0 Å². The fourth-order valence-electron chi connectivity index (χ4n) is 2.31. The molecule has 2 aromatic rings. The van der Waals surface area contributed by atoms with Gasteiger partial charge < -0.3 is 14.5 Å². The van der Waals surface area contributed by atoms with Crippen molar-refractivity contribution in [3.8, 4) is 0 Å². The average Bonchev–Trinajstić information content (AvgIpc) is 2.87. The van der Waals surface area contributed by atoms with Crippen LogP contribution in [0.3, 0.4) is 0 Å². The Morgan fingerprint density at radius 2 is 1.96 bits per heavy atom. The summed E-state index contributed by atoms with van der Waals surface area (Å²) in [5.74, 6) is -0.714. The van der Waals surface area contributed by atoms with Crippen LogP contribution < -0.4 is 5.32 Å². The number of amides is 1. The lowest BCUT2D eigenvalue weighted by Gasteiger charge is -2.12. The number of aryl methyl sites for hydroxylation is 2. The molecule has 0 aliphatic heterocycles. The molecular weight excluding hydrogens is 294 g/mol. The van der Waals surface area contributed by atoms with Gasteiger partial charge in [0.05, 0.1) is 12.7 Å². The van der Waals surface area contributed by atoms with Crippen molar-refractivity contribution in [1.29, 1.82) is 0 Å². The molecule has 1 atom stereocenters. The summed E-state index contributed by atoms with van der Waals surface area (Å²) >= 11 is 0. The Kier molecular flexibility index (Phi) is 5.42. The molecular formula is C18H23NO4. The predicted octanol–water partition coefficient (Wildman–Crippen LogP) is 3.05. The molecule has 0 bridgehead atoms. The van der Waals surface area contributed by atoms with E-state index in [0.29, 0.717) is 6.54 Å². The number of carbonyl (C=O) groups excluding carboxylic acids is 2. The highest BCUT2D eigenvalue weighted by atomic mass is 16.5. The number of furan rings is 1. The molecule has 2 rings (SSSR count). The summed E-state index contributed by atoms with van der Waals surface area (Å²) in [4.78, 5) is 23.8. The number of hydrogen-bond donors (Lipinski definition) is 1. The normalized spacial score (nSPS) is 12.2. The van der Waals surface area contributed by atoms with Gasteiger partial charge in [0, 0.05) is 17.5 Å². The third-order valence-electron chi connectivity index (χ3n) is 3.83. The second-order valence-corrected chi connectivity index (χ2v) is 5.79. The summed E-state index contributed by atoms with van der Waals surface area (Å²) in [6.07, 6.45) is 1.70. The summed E-state index contributed by atoms with van der Waals surface area (Å²) in [7, 11) is 0. The minimum atomic E-state index is -0.795. The lowest BCUT2D eigenvalue weighted by atomic mass is 10.0. The molecule has 0 saturated heterocycles. The van der Waals surface area contributed by atoms with E-state index in [-0.39, 0.29) is 12.3 Å². The van der Waals surface area contributed by atoms with Crippen molar-refractivity contribution >= 4 is 22.8 Å². The van der Waals surface area contributed by atoms with E-state index in [1.807, 2.05) is 32.9 Å². The molecule has 124 valence electrons. The van der Waals surface area contributed by atoms with E-state index in [4.69, 9.17) is 9.15 Å². The molecule has 0 spiro atoms. The van der Waals surface area contributed by atoms with Crippen LogP contribution in [0, 0.1) is 13.8 Å². The van der Waals surface area contributed by atoms with Crippen LogP contribution in [0.5, 0.6) is 0 Å². The molecule has 0 saturated carbocycles. The van der Waals surface area contributed by atoms with Gasteiger partial charge in [-0.1, -0.05) is 6.92 Å². The van der Waals surface area contributed by atoms with Crippen molar-refractivity contribution in [1.82, 2.24) is 5.32 Å². The Morgan fingerprint density at radius 3 is 2.65 bits per heavy atom. The lowest BCUT2D eigenvalue weighted by Crippen LogP contribution is -2.36. The van der Waals surface area contributed by atoms with Crippen molar-refractivity contribution in [2.24, 2.45) is 0 Å². The molecule has 5 heteroatoms. The van der Waals surface area contributed by atoms with Crippen LogP contribution >= 0.6 is 0 Å². The van der Waals surface area contributed by atoms with Gasteiger partial charge in [0.15, 0.2) is 6.10 Å². The van der Waals surface area contributed by atoms with Crippen molar-refractivity contribution in [3.63, 3.8) is 0 Å². The Morgan fingerprint density at radius 1 is 1.26 bits per heavy atom. The van der Waals surface area contributed by atoms with Crippen molar-refractivity contribution in [3.05, 3.63) is 35.1 Å². The predicted molar refractivity (Wildman–Crippen MR) is 88.2 cm³/mol. The first-order valence-corrected chi connectivity index (χ1v) is 7.87. The van der Waals surface area contributed by atoms with E-state index in [1.54, 1.807) is 13.2 Å². The first kappa shape index (κ1) is 17.1. The fourth-order valence-corrected chi connectivity index (χ4v) is 2.31. The lowest BCUT2D eigenvalue weighted by molar-refractivity contribution is -0.154. The summed E-state index contributed by atoms with van der Waals surface area (Å²) in [6, 6.07) is 3.97. The standard InChI is InChI=1S/C18H23NO4/c1-5-6-19-18(21)13(4)23-17(20)9-14-10-22-16-8-12(3)11(2)7-15(14)16/h7-8,10,13H,5-6,9H2,1-4H3,(H,19,21). The molecule has 1 heterocycles. The quantitative estimate of drug-likeness (QED) is 0.831. The fraction of sp³-hybridized carbons (Fsp3) is 0.444. The zero-order valence-electron chi connectivity index (χ0n) is 14.1. The zero-order chi connectivity index (χ0) is 17.0. The number of ether oxygens (including phenoxy) is 1. The maximum absolute atomic E-state index is 12.1. The number of nitrogens with one attached hydrogen (secondary N) is 1. The van der Waals surface area contributed by atoms with Crippen LogP contribution in [-0.4, -0.2) is 24.5 Å². The summed E-state index contributed by atoms with van der Waals surface area (Å²) < 4.78 is 10.7. The Labute approximate surface area is 136 Å². The highest BCUT2D eigenvalue weighted by molar-refractivity contribution is 5.88. The maximum atomic E-state index is 12.1. The third-order valence-corrected chi connectivity index (χ3v) is 3.83. The first-order chi connectivity index (χ1) is 10.9. The van der Waals surface area contributed by atoms with Gasteiger partial charge in [0.1, 0.15) is 5.58 Å². The largest absolute Gasteiger partial charge is 0.464 e. The highest BCUT2D eigenvalue weighted by Gasteiger charge is 2.19. The second kappa shape index (κ2) is 7.31. The molecule has 0 fully saturated rings. The van der Waals surface area contributed by atoms with E-state index < -0.39 is 12.1 Å². The second-order valence-electron chi connectivity index (χ2n) is 5.79. The smallest absolute Gasteiger partial charge is 0.311 e. The molecule has 0 radical (unpaired) electrons. The highest BCUT2D eigenvalue weighted by Crippen LogP contribution is 2.25. The number of benzene rings is 1. The number of esters is 1. The third kappa shape index (κ3) is 4.12. The van der Waals surface area contributed by atoms with Crippen molar-refractivity contribution in [2.45, 2.75) is 46.6 Å². The van der Waals surface area contributed by atoms with Crippen LogP contribution in [0.4, 0.5) is 0 Å². The monoisotopic (exact) mass is 317 g/mol. The van der Waals surface area contributed by atoms with Gasteiger partial charge in [-0.2, -0.15) is 0 Å². The van der Waals surface area contributed by atoms with E-state index >= 15 is 0 Å². The topological polar surface area (TPSA) is 68.5 Å². The van der Waals surface area contributed by atoms with Gasteiger partial charge >= 0.3 is 5.97 Å². The summed E-state index contributed by atoms with van der Waals surface area (Å²) in [5.41, 5.74) is 3.81. The van der Waals surface area contributed by atoms with E-state index in [0.717, 1.165) is 34.1 Å². The Bertz CT molecular complexity index is 717. The van der Waals surface area contributed by atoms with Gasteiger partial charge in [-0.3, -0.25) is 9.59 Å². The van der Waals surface area contributed by atoms with E-state index in [9.17, 15) is 9.59 Å². The molecule has 1 aromatic carbocycles. The van der Waals surface area contributed by atoms with Crippen LogP contribution in [0.2, 0.25) is 0 Å². The molecule has 5 nitrogen and oxygen atoms in total. The molecule has 0 aliphatic carbocycles. The Balaban J connectivity index is 2.03. The zero-order valence-corrected chi connectivity index (χ0v) is 14.1. The van der Waals surface area contributed by atoms with Crippen LogP contribution in [0.1, 0.15) is 37.0 Å². The van der Waals surface area contributed by atoms with Crippen LogP contribution in [0.15, 0.2) is 22.8 Å². The van der Waals surface area contributed by atoms with Gasteiger partial charge in [-0.15, -0.1) is 0 Å². The number of carbonyl (C=O) groups is 2. The van der Waals surface area contributed by atoms with Gasteiger partial charge in [0.2, 0.25) is 0 Å². The van der Waals surface area contributed by atoms with E-state index in [1.165, 1.54) is 0 Å². The molecule has 1 N–H and O–H groups in total. The van der Waals surface area contributed by atoms with Gasteiger partial charge in [-0.05, 0) is 50.5 Å². The van der Waals surface area contributed by atoms with Crippen molar-refractivity contribution in [2.75, 3.05) is 6.54 Å². The van der Waals surface area contributed by atoms with Crippen LogP contribution in [0.25, 0.3) is 11.0 Å². The maximum Gasteiger partial charge on any atom is 0.311 e. The number of hydrogen-bond acceptors (Lipinski definition) is 4. The molecule has 0 aliphatic rings. The SMILES string of the molecule is CCCNC(=O)C(C)OC(=O)Cc1coc2cc(C)c(C)cc12. The minimum Gasteiger partial charge on any atom is -0.464 e. The molecule has 1 unspecified atom stereocenters. The van der Waals surface area contributed by atoms with Crippen molar-refractivity contribution < 1.29 is 18.7 Å². The Hall–Kier alpha value is -2.30. The molecule has 23 heavy (non-hydrogen) atoms. The number of rotatable bonds is 6. The molecule has 1 aromatic heterocycles.